The van der Waals surface area contributed by atoms with Crippen molar-refractivity contribution in [3.05, 3.63) is 29.8 Å². The number of carbonyl (C=O) groups is 2. The summed E-state index contributed by atoms with van der Waals surface area (Å²) in [6, 6.07) is 7.96. The summed E-state index contributed by atoms with van der Waals surface area (Å²) in [5.74, 6) is 0.340. The molecule has 1 aliphatic rings. The molecule has 2 amide bonds. The average Bonchev–Trinajstić information content (AvgIpc) is 2.67. The maximum absolute atomic E-state index is 12.7. The number of amides is 2. The molecule has 1 fully saturated rings. The fourth-order valence-electron chi connectivity index (χ4n) is 3.62. The molecule has 1 saturated carbocycles. The third-order valence-electron chi connectivity index (χ3n) is 5.35. The first kappa shape index (κ1) is 23.7. The first-order valence-electron chi connectivity index (χ1n) is 10.9. The molecule has 0 aromatic heterocycles. The summed E-state index contributed by atoms with van der Waals surface area (Å²) in [6.07, 6.45) is 9.34. The van der Waals surface area contributed by atoms with Crippen molar-refractivity contribution in [1.82, 2.24) is 15.5 Å². The molecule has 1 aromatic carbocycles. The predicted octanol–water partition coefficient (Wildman–Crippen LogP) is 4.08. The SMILES string of the molecule is CC(CCN(C)C)NC(=O)c1ccccc1SCC(=O)NC1CCCCCCC1. The Labute approximate surface area is 180 Å². The molecule has 29 heavy (non-hydrogen) atoms. The second kappa shape index (κ2) is 12.9. The molecule has 162 valence electrons. The van der Waals surface area contributed by atoms with Gasteiger partial charge in [0.25, 0.3) is 5.91 Å². The van der Waals surface area contributed by atoms with Crippen LogP contribution in [-0.2, 0) is 4.79 Å². The minimum atomic E-state index is -0.0696. The molecule has 2 N–H and O–H groups in total. The highest BCUT2D eigenvalue weighted by Crippen LogP contribution is 2.23. The number of nitrogens with zero attached hydrogens (tertiary/aromatic N) is 1. The topological polar surface area (TPSA) is 61.4 Å². The van der Waals surface area contributed by atoms with Gasteiger partial charge in [0.05, 0.1) is 11.3 Å². The van der Waals surface area contributed by atoms with Crippen molar-refractivity contribution in [2.24, 2.45) is 0 Å². The van der Waals surface area contributed by atoms with E-state index in [-0.39, 0.29) is 17.9 Å². The van der Waals surface area contributed by atoms with Crippen LogP contribution >= 0.6 is 11.8 Å². The van der Waals surface area contributed by atoms with Crippen molar-refractivity contribution >= 4 is 23.6 Å². The van der Waals surface area contributed by atoms with Gasteiger partial charge in [-0.3, -0.25) is 9.59 Å². The molecule has 0 heterocycles. The van der Waals surface area contributed by atoms with E-state index in [4.69, 9.17) is 0 Å². The molecule has 0 radical (unpaired) electrons. The highest BCUT2D eigenvalue weighted by molar-refractivity contribution is 8.00. The number of hydrogen-bond donors (Lipinski definition) is 2. The lowest BCUT2D eigenvalue weighted by molar-refractivity contribution is -0.119. The number of nitrogens with one attached hydrogen (secondary N) is 2. The first-order chi connectivity index (χ1) is 14.0. The molecule has 1 unspecified atom stereocenters. The molecule has 1 aromatic rings. The van der Waals surface area contributed by atoms with Crippen molar-refractivity contribution in [2.45, 2.75) is 75.3 Å². The van der Waals surface area contributed by atoms with Crippen molar-refractivity contribution in [3.63, 3.8) is 0 Å². The van der Waals surface area contributed by atoms with Crippen LogP contribution in [0.2, 0.25) is 0 Å². The Balaban J connectivity index is 1.85. The fraction of sp³-hybridized carbons (Fsp3) is 0.652. The zero-order valence-corrected chi connectivity index (χ0v) is 19.0. The molecule has 0 spiro atoms. The van der Waals surface area contributed by atoms with Crippen molar-refractivity contribution in [3.8, 4) is 0 Å². The maximum atomic E-state index is 12.7. The number of thioether (sulfide) groups is 1. The summed E-state index contributed by atoms with van der Waals surface area (Å²) < 4.78 is 0. The molecular weight excluding hydrogens is 382 g/mol. The van der Waals surface area contributed by atoms with Gasteiger partial charge in [-0.25, -0.2) is 0 Å². The van der Waals surface area contributed by atoms with Gasteiger partial charge in [0.15, 0.2) is 0 Å². The number of benzene rings is 1. The van der Waals surface area contributed by atoms with E-state index >= 15 is 0 Å². The lowest BCUT2D eigenvalue weighted by Gasteiger charge is -2.21. The molecule has 2 rings (SSSR count). The summed E-state index contributed by atoms with van der Waals surface area (Å²) >= 11 is 1.45. The quantitative estimate of drug-likeness (QED) is 0.592. The van der Waals surface area contributed by atoms with Gasteiger partial charge in [-0.15, -0.1) is 11.8 Å². The largest absolute Gasteiger partial charge is 0.353 e. The average molecular weight is 420 g/mol. The highest BCUT2D eigenvalue weighted by atomic mass is 32.2. The Morgan fingerprint density at radius 3 is 2.45 bits per heavy atom. The first-order valence-corrected chi connectivity index (χ1v) is 11.9. The molecule has 6 heteroatoms. The van der Waals surface area contributed by atoms with E-state index in [9.17, 15) is 9.59 Å². The Morgan fingerprint density at radius 2 is 1.76 bits per heavy atom. The van der Waals surface area contributed by atoms with Gasteiger partial charge < -0.3 is 15.5 Å². The minimum Gasteiger partial charge on any atom is -0.353 e. The summed E-state index contributed by atoms with van der Waals surface area (Å²) in [5.41, 5.74) is 0.646. The van der Waals surface area contributed by atoms with E-state index in [2.05, 4.69) is 15.5 Å². The number of rotatable bonds is 9. The van der Waals surface area contributed by atoms with Crippen molar-refractivity contribution in [2.75, 3.05) is 26.4 Å². The summed E-state index contributed by atoms with van der Waals surface area (Å²) in [6.45, 7) is 2.96. The predicted molar refractivity (Wildman–Crippen MR) is 122 cm³/mol. The number of carbonyl (C=O) groups excluding carboxylic acids is 2. The van der Waals surface area contributed by atoms with Gasteiger partial charge in [0, 0.05) is 17.0 Å². The van der Waals surface area contributed by atoms with E-state index in [0.29, 0.717) is 17.4 Å². The van der Waals surface area contributed by atoms with E-state index in [1.165, 1.54) is 43.9 Å². The molecule has 1 atom stereocenters. The second-order valence-electron chi connectivity index (χ2n) is 8.36. The van der Waals surface area contributed by atoms with Crippen LogP contribution < -0.4 is 10.6 Å². The van der Waals surface area contributed by atoms with Crippen LogP contribution in [-0.4, -0.2) is 55.2 Å². The molecule has 1 aliphatic carbocycles. The van der Waals surface area contributed by atoms with Gasteiger partial charge >= 0.3 is 0 Å². The van der Waals surface area contributed by atoms with Crippen molar-refractivity contribution in [1.29, 1.82) is 0 Å². The van der Waals surface area contributed by atoms with E-state index in [0.717, 1.165) is 30.7 Å². The van der Waals surface area contributed by atoms with Crippen molar-refractivity contribution < 1.29 is 9.59 Å². The fourth-order valence-corrected chi connectivity index (χ4v) is 4.48. The van der Waals surface area contributed by atoms with Crippen LogP contribution in [0.15, 0.2) is 29.2 Å². The monoisotopic (exact) mass is 419 g/mol. The summed E-state index contributed by atoms with van der Waals surface area (Å²) in [7, 11) is 4.06. The lowest BCUT2D eigenvalue weighted by Crippen LogP contribution is -2.36. The van der Waals surface area contributed by atoms with Crippen LogP contribution in [0.4, 0.5) is 0 Å². The smallest absolute Gasteiger partial charge is 0.252 e. The van der Waals surface area contributed by atoms with Gasteiger partial charge in [-0.2, -0.15) is 0 Å². The second-order valence-corrected chi connectivity index (χ2v) is 9.38. The molecule has 0 saturated heterocycles. The van der Waals surface area contributed by atoms with Crippen LogP contribution in [0.1, 0.15) is 68.6 Å². The molecule has 5 nitrogen and oxygen atoms in total. The Kier molecular flexibility index (Phi) is 10.6. The third-order valence-corrected chi connectivity index (χ3v) is 6.42. The van der Waals surface area contributed by atoms with Gasteiger partial charge in [-0.1, -0.05) is 44.2 Å². The van der Waals surface area contributed by atoms with E-state index < -0.39 is 0 Å². The van der Waals surface area contributed by atoms with Gasteiger partial charge in [0.1, 0.15) is 0 Å². The molecule has 0 aliphatic heterocycles. The minimum absolute atomic E-state index is 0.0649. The van der Waals surface area contributed by atoms with E-state index in [1.807, 2.05) is 45.3 Å². The van der Waals surface area contributed by atoms with Gasteiger partial charge in [0.2, 0.25) is 5.91 Å². The van der Waals surface area contributed by atoms with E-state index in [1.54, 1.807) is 0 Å². The van der Waals surface area contributed by atoms with Crippen LogP contribution in [0.25, 0.3) is 0 Å². The summed E-state index contributed by atoms with van der Waals surface area (Å²) in [5, 5.41) is 6.28. The van der Waals surface area contributed by atoms with Crippen LogP contribution in [0.3, 0.4) is 0 Å². The standard InChI is InChI=1S/C23H37N3O2S/c1-18(15-16-26(2)3)24-23(28)20-13-9-10-14-21(20)29-17-22(27)25-19-11-7-5-4-6-8-12-19/h9-10,13-14,18-19H,4-8,11-12,15-17H2,1-3H3,(H,24,28)(H,25,27). The zero-order chi connectivity index (χ0) is 21.1. The normalized spacial score (nSPS) is 16.7. The number of hydrogen-bond acceptors (Lipinski definition) is 4. The Hall–Kier alpha value is -1.53. The zero-order valence-electron chi connectivity index (χ0n) is 18.2. The third kappa shape index (κ3) is 9.22. The summed E-state index contributed by atoms with van der Waals surface area (Å²) in [4.78, 5) is 28.1. The lowest BCUT2D eigenvalue weighted by atomic mass is 9.97. The molecular formula is C23H37N3O2S. The van der Waals surface area contributed by atoms with Gasteiger partial charge in [-0.05, 0) is 59.0 Å². The maximum Gasteiger partial charge on any atom is 0.252 e. The van der Waals surface area contributed by atoms with Crippen LogP contribution in [0, 0.1) is 0 Å². The Morgan fingerprint density at radius 1 is 1.10 bits per heavy atom. The highest BCUT2D eigenvalue weighted by Gasteiger charge is 2.17. The molecule has 0 bridgehead atoms. The van der Waals surface area contributed by atoms with Crippen LogP contribution in [0.5, 0.6) is 0 Å². The Bertz CT molecular complexity index is 643.